The summed E-state index contributed by atoms with van der Waals surface area (Å²) < 4.78 is 32.2. The summed E-state index contributed by atoms with van der Waals surface area (Å²) in [6.45, 7) is 4.98. The van der Waals surface area contributed by atoms with Gasteiger partial charge < -0.3 is 16.4 Å². The number of benzene rings is 1. The van der Waals surface area contributed by atoms with E-state index in [1.807, 2.05) is 0 Å². The Morgan fingerprint density at radius 3 is 2.52 bits per heavy atom. The van der Waals surface area contributed by atoms with Crippen LogP contribution in [0.3, 0.4) is 0 Å². The molecule has 1 aromatic carbocycles. The highest BCUT2D eigenvalue weighted by Gasteiger charge is 2.16. The van der Waals surface area contributed by atoms with Gasteiger partial charge in [0.15, 0.2) is 0 Å². The Morgan fingerprint density at radius 2 is 1.84 bits per heavy atom. The maximum Gasteiger partial charge on any atom is 0.296 e. The molecular weight excluding hydrogens is 344 g/mol. The maximum atomic E-state index is 11.4. The fraction of sp³-hybridized carbons (Fsp3) is 0.400. The van der Waals surface area contributed by atoms with Gasteiger partial charge in [-0.2, -0.15) is 23.4 Å². The van der Waals surface area contributed by atoms with Gasteiger partial charge in [0, 0.05) is 6.54 Å². The summed E-state index contributed by atoms with van der Waals surface area (Å²) in [5, 5.41) is 5.81. The van der Waals surface area contributed by atoms with E-state index < -0.39 is 10.1 Å². The largest absolute Gasteiger partial charge is 0.368 e. The first-order chi connectivity index (χ1) is 11.8. The van der Waals surface area contributed by atoms with E-state index in [1.165, 1.54) is 18.2 Å². The van der Waals surface area contributed by atoms with E-state index >= 15 is 0 Å². The lowest BCUT2D eigenvalue weighted by Crippen LogP contribution is -2.11. The number of nitrogens with two attached hydrogens (primary N) is 1. The molecule has 0 spiro atoms. The average molecular weight is 366 g/mol. The standard InChI is InChI=1S/C15H22N6O3S/c1-10(2)6-5-9-17-14-19-13(16)20-15(21-14)18-11-7-3-4-8-12(11)25(22,23)24/h3-4,7-8,10H,5-6,9H2,1-2H3,(H,22,23,24)(H4,16,17,18,19,20,21). The third kappa shape index (κ3) is 5.84. The normalized spacial score (nSPS) is 11.5. The molecule has 25 heavy (non-hydrogen) atoms. The van der Waals surface area contributed by atoms with Gasteiger partial charge in [0.05, 0.1) is 5.69 Å². The number of aromatic nitrogens is 3. The first-order valence-electron chi connectivity index (χ1n) is 7.84. The van der Waals surface area contributed by atoms with Gasteiger partial charge in [-0.05, 0) is 30.9 Å². The highest BCUT2D eigenvalue weighted by Crippen LogP contribution is 2.23. The molecule has 0 radical (unpaired) electrons. The zero-order chi connectivity index (χ0) is 18.4. The van der Waals surface area contributed by atoms with Crippen molar-refractivity contribution in [2.75, 3.05) is 22.9 Å². The van der Waals surface area contributed by atoms with E-state index in [9.17, 15) is 13.0 Å². The molecule has 0 fully saturated rings. The monoisotopic (exact) mass is 366 g/mol. The highest BCUT2D eigenvalue weighted by molar-refractivity contribution is 7.86. The Balaban J connectivity index is 2.16. The van der Waals surface area contributed by atoms with E-state index in [-0.39, 0.29) is 22.5 Å². The van der Waals surface area contributed by atoms with Gasteiger partial charge >= 0.3 is 0 Å². The van der Waals surface area contributed by atoms with Crippen LogP contribution >= 0.6 is 0 Å². The van der Waals surface area contributed by atoms with Gasteiger partial charge in [0.25, 0.3) is 10.1 Å². The summed E-state index contributed by atoms with van der Waals surface area (Å²) in [5.74, 6) is 0.977. The highest BCUT2D eigenvalue weighted by atomic mass is 32.2. The molecule has 0 saturated carbocycles. The van der Waals surface area contributed by atoms with Crippen LogP contribution in [0.1, 0.15) is 26.7 Å². The predicted octanol–water partition coefficient (Wildman–Crippen LogP) is 2.29. The number of nitrogen functional groups attached to an aromatic ring is 1. The lowest BCUT2D eigenvalue weighted by atomic mass is 10.1. The van der Waals surface area contributed by atoms with Crippen molar-refractivity contribution in [2.24, 2.45) is 5.92 Å². The number of anilines is 4. The van der Waals surface area contributed by atoms with Gasteiger partial charge in [0.2, 0.25) is 17.8 Å². The van der Waals surface area contributed by atoms with Gasteiger partial charge in [-0.3, -0.25) is 4.55 Å². The van der Waals surface area contributed by atoms with Crippen LogP contribution in [0.4, 0.5) is 23.5 Å². The molecule has 2 aromatic rings. The topological polar surface area (TPSA) is 143 Å². The second-order valence-electron chi connectivity index (χ2n) is 5.90. The van der Waals surface area contributed by atoms with Crippen molar-refractivity contribution in [2.45, 2.75) is 31.6 Å². The fourth-order valence-electron chi connectivity index (χ4n) is 2.15. The number of nitrogens with one attached hydrogen (secondary N) is 2. The Bertz CT molecular complexity index is 826. The number of hydrogen-bond donors (Lipinski definition) is 4. The molecule has 1 aromatic heterocycles. The van der Waals surface area contributed by atoms with E-state index in [1.54, 1.807) is 6.07 Å². The zero-order valence-electron chi connectivity index (χ0n) is 14.1. The number of hydrogen-bond acceptors (Lipinski definition) is 8. The van der Waals surface area contributed by atoms with E-state index in [0.29, 0.717) is 18.4 Å². The van der Waals surface area contributed by atoms with Crippen molar-refractivity contribution in [1.29, 1.82) is 0 Å². The summed E-state index contributed by atoms with van der Waals surface area (Å²) in [4.78, 5) is 11.8. The van der Waals surface area contributed by atoms with Crippen molar-refractivity contribution < 1.29 is 13.0 Å². The van der Waals surface area contributed by atoms with E-state index in [4.69, 9.17) is 5.73 Å². The third-order valence-corrected chi connectivity index (χ3v) is 4.22. The molecule has 0 aliphatic carbocycles. The van der Waals surface area contributed by atoms with Gasteiger partial charge in [-0.25, -0.2) is 0 Å². The van der Waals surface area contributed by atoms with Crippen LogP contribution in [0.15, 0.2) is 29.2 Å². The summed E-state index contributed by atoms with van der Waals surface area (Å²) >= 11 is 0. The molecule has 0 amide bonds. The summed E-state index contributed by atoms with van der Waals surface area (Å²) in [7, 11) is -4.38. The third-order valence-electron chi connectivity index (χ3n) is 3.31. The second kappa shape index (κ2) is 8.08. The summed E-state index contributed by atoms with van der Waals surface area (Å²) in [5.41, 5.74) is 5.82. The summed E-state index contributed by atoms with van der Waals surface area (Å²) in [6.07, 6.45) is 2.03. The Morgan fingerprint density at radius 1 is 1.16 bits per heavy atom. The van der Waals surface area contributed by atoms with Crippen LogP contribution in [0.25, 0.3) is 0 Å². The molecule has 5 N–H and O–H groups in total. The van der Waals surface area contributed by atoms with Crippen LogP contribution in [-0.2, 0) is 10.1 Å². The molecule has 0 unspecified atom stereocenters. The Hall–Kier alpha value is -2.46. The van der Waals surface area contributed by atoms with E-state index in [0.717, 1.165) is 12.8 Å². The second-order valence-corrected chi connectivity index (χ2v) is 7.29. The molecule has 136 valence electrons. The van der Waals surface area contributed by atoms with Crippen LogP contribution in [-0.4, -0.2) is 34.5 Å². The van der Waals surface area contributed by atoms with Crippen LogP contribution in [0.2, 0.25) is 0 Å². The number of rotatable bonds is 8. The van der Waals surface area contributed by atoms with Gasteiger partial charge in [-0.1, -0.05) is 26.0 Å². The molecule has 10 heteroatoms. The minimum Gasteiger partial charge on any atom is -0.368 e. The fourth-order valence-corrected chi connectivity index (χ4v) is 2.80. The molecule has 0 atom stereocenters. The maximum absolute atomic E-state index is 11.4. The van der Waals surface area contributed by atoms with Gasteiger partial charge in [0.1, 0.15) is 4.90 Å². The van der Waals surface area contributed by atoms with Crippen LogP contribution in [0.5, 0.6) is 0 Å². The molecule has 2 rings (SSSR count). The van der Waals surface area contributed by atoms with E-state index in [2.05, 4.69) is 39.4 Å². The minimum atomic E-state index is -4.38. The molecule has 0 aliphatic heterocycles. The predicted molar refractivity (Wildman–Crippen MR) is 96.3 cm³/mol. The van der Waals surface area contributed by atoms with Crippen molar-refractivity contribution in [1.82, 2.24) is 15.0 Å². The number of nitrogens with zero attached hydrogens (tertiary/aromatic N) is 3. The average Bonchev–Trinajstić information content (AvgIpc) is 2.50. The summed E-state index contributed by atoms with van der Waals surface area (Å²) in [6, 6.07) is 5.87. The minimum absolute atomic E-state index is 0.00630. The van der Waals surface area contributed by atoms with Crippen molar-refractivity contribution >= 4 is 33.7 Å². The van der Waals surface area contributed by atoms with Crippen LogP contribution < -0.4 is 16.4 Å². The Labute approximate surface area is 146 Å². The molecule has 0 bridgehead atoms. The first kappa shape index (κ1) is 18.9. The zero-order valence-corrected chi connectivity index (χ0v) is 14.9. The van der Waals surface area contributed by atoms with Crippen molar-refractivity contribution in [3.05, 3.63) is 24.3 Å². The number of para-hydroxylation sites is 1. The molecular formula is C15H22N6O3S. The van der Waals surface area contributed by atoms with Gasteiger partial charge in [-0.15, -0.1) is 0 Å². The van der Waals surface area contributed by atoms with Crippen molar-refractivity contribution in [3.8, 4) is 0 Å². The first-order valence-corrected chi connectivity index (χ1v) is 9.28. The quantitative estimate of drug-likeness (QED) is 0.408. The SMILES string of the molecule is CC(C)CCCNc1nc(N)nc(Nc2ccccc2S(=O)(=O)O)n1. The lowest BCUT2D eigenvalue weighted by Gasteiger charge is -2.11. The van der Waals surface area contributed by atoms with Crippen LogP contribution in [0, 0.1) is 5.92 Å². The molecule has 0 aliphatic rings. The van der Waals surface area contributed by atoms with Crippen molar-refractivity contribution in [3.63, 3.8) is 0 Å². The molecule has 9 nitrogen and oxygen atoms in total. The lowest BCUT2D eigenvalue weighted by molar-refractivity contribution is 0.483. The Kier molecular flexibility index (Phi) is 6.10. The smallest absolute Gasteiger partial charge is 0.296 e. The molecule has 0 saturated heterocycles. The molecule has 1 heterocycles.